The fourth-order valence-electron chi connectivity index (χ4n) is 3.56. The number of hydrogen-bond donors (Lipinski definition) is 1. The topological polar surface area (TPSA) is 41.6 Å². The largest absolute Gasteiger partial charge is 0.376 e. The van der Waals surface area contributed by atoms with Crippen molar-refractivity contribution in [3.8, 4) is 0 Å². The van der Waals surface area contributed by atoms with Crippen molar-refractivity contribution in [2.24, 2.45) is 0 Å². The van der Waals surface area contributed by atoms with Crippen LogP contribution in [0.2, 0.25) is 0 Å². The lowest BCUT2D eigenvalue weighted by Gasteiger charge is -2.33. The Morgan fingerprint density at radius 3 is 3.14 bits per heavy atom. The summed E-state index contributed by atoms with van der Waals surface area (Å²) in [5.41, 5.74) is 0.801. The van der Waals surface area contributed by atoms with Crippen LogP contribution >= 0.6 is 11.3 Å². The van der Waals surface area contributed by atoms with E-state index in [9.17, 15) is 4.79 Å². The summed E-state index contributed by atoms with van der Waals surface area (Å²) in [7, 11) is 0. The molecule has 1 aromatic heterocycles. The van der Waals surface area contributed by atoms with Crippen molar-refractivity contribution in [2.75, 3.05) is 19.7 Å². The molecule has 5 heteroatoms. The minimum absolute atomic E-state index is 0.0521. The van der Waals surface area contributed by atoms with Gasteiger partial charge in [-0.15, -0.1) is 11.3 Å². The van der Waals surface area contributed by atoms with E-state index in [0.29, 0.717) is 12.1 Å². The van der Waals surface area contributed by atoms with Crippen LogP contribution in [0.15, 0.2) is 29.6 Å². The molecule has 0 spiro atoms. The summed E-state index contributed by atoms with van der Waals surface area (Å²) in [4.78, 5) is 15.0. The molecule has 3 heterocycles. The minimum atomic E-state index is 0.0521. The van der Waals surface area contributed by atoms with Gasteiger partial charge in [0.2, 0.25) is 0 Å². The molecule has 4 nitrogen and oxygen atoms in total. The number of rotatable bonds is 2. The van der Waals surface area contributed by atoms with Gasteiger partial charge in [0, 0.05) is 40.6 Å². The zero-order valence-electron chi connectivity index (χ0n) is 12.6. The van der Waals surface area contributed by atoms with Crippen LogP contribution in [-0.2, 0) is 4.74 Å². The lowest BCUT2D eigenvalue weighted by Crippen LogP contribution is -2.45. The molecule has 2 saturated heterocycles. The highest BCUT2D eigenvalue weighted by molar-refractivity contribution is 7.17. The molecule has 0 bridgehead atoms. The average molecular weight is 316 g/mol. The fraction of sp³-hybridized carbons (Fsp3) is 0.471. The summed E-state index contributed by atoms with van der Waals surface area (Å²) >= 11 is 1.63. The number of fused-ring (bicyclic) bond motifs is 2. The normalized spacial score (nSPS) is 28.7. The van der Waals surface area contributed by atoms with E-state index in [1.807, 2.05) is 23.6 Å². The Morgan fingerprint density at radius 2 is 2.23 bits per heavy atom. The van der Waals surface area contributed by atoms with Crippen molar-refractivity contribution >= 4 is 27.3 Å². The molecule has 3 atom stereocenters. The predicted octanol–water partition coefficient (Wildman–Crippen LogP) is 2.49. The molecule has 0 aliphatic carbocycles. The molecule has 0 unspecified atom stereocenters. The van der Waals surface area contributed by atoms with Crippen LogP contribution in [0.3, 0.4) is 0 Å². The van der Waals surface area contributed by atoms with Crippen LogP contribution in [0, 0.1) is 0 Å². The Kier molecular flexibility index (Phi) is 3.64. The van der Waals surface area contributed by atoms with E-state index in [-0.39, 0.29) is 11.9 Å². The first kappa shape index (κ1) is 14.2. The van der Waals surface area contributed by atoms with Crippen molar-refractivity contribution < 1.29 is 9.53 Å². The maximum absolute atomic E-state index is 12.6. The molecule has 1 amide bonds. The van der Waals surface area contributed by atoms with E-state index in [1.165, 1.54) is 4.70 Å². The standard InChI is InChI=1S/C17H20N2O2S/c1-11-7-19-8-12(6-13(19)9-21-11)18-17(20)15-10-22-16-5-3-2-4-14(15)16/h2-5,10-13H,6-9H2,1H3,(H,18,20)/t11-,12-,13-/m0/s1. The number of benzene rings is 1. The second-order valence-corrected chi connectivity index (χ2v) is 7.21. The van der Waals surface area contributed by atoms with E-state index in [1.54, 1.807) is 11.3 Å². The van der Waals surface area contributed by atoms with Gasteiger partial charge in [-0.1, -0.05) is 18.2 Å². The second kappa shape index (κ2) is 5.65. The van der Waals surface area contributed by atoms with Crippen LogP contribution in [0.5, 0.6) is 0 Å². The molecule has 116 valence electrons. The van der Waals surface area contributed by atoms with E-state index >= 15 is 0 Å². The van der Waals surface area contributed by atoms with Gasteiger partial charge in [-0.25, -0.2) is 0 Å². The van der Waals surface area contributed by atoms with E-state index in [4.69, 9.17) is 4.74 Å². The Labute approximate surface area is 134 Å². The zero-order chi connectivity index (χ0) is 15.1. The molecule has 4 rings (SSSR count). The van der Waals surface area contributed by atoms with Crippen LogP contribution in [-0.4, -0.2) is 48.7 Å². The minimum Gasteiger partial charge on any atom is -0.376 e. The van der Waals surface area contributed by atoms with E-state index < -0.39 is 0 Å². The monoisotopic (exact) mass is 316 g/mol. The number of nitrogens with zero attached hydrogens (tertiary/aromatic N) is 1. The fourth-order valence-corrected chi connectivity index (χ4v) is 4.50. The van der Waals surface area contributed by atoms with Crippen LogP contribution in [0.4, 0.5) is 0 Å². The van der Waals surface area contributed by atoms with Gasteiger partial charge in [-0.3, -0.25) is 9.69 Å². The maximum atomic E-state index is 12.6. The molecule has 1 aromatic carbocycles. The Balaban J connectivity index is 1.46. The number of carbonyl (C=O) groups is 1. The Bertz CT molecular complexity index is 699. The van der Waals surface area contributed by atoms with Crippen molar-refractivity contribution in [1.29, 1.82) is 0 Å². The van der Waals surface area contributed by atoms with Crippen LogP contribution in [0.25, 0.3) is 10.1 Å². The maximum Gasteiger partial charge on any atom is 0.253 e. The molecule has 2 aliphatic rings. The lowest BCUT2D eigenvalue weighted by atomic mass is 10.1. The number of hydrogen-bond acceptors (Lipinski definition) is 4. The first-order chi connectivity index (χ1) is 10.7. The Morgan fingerprint density at radius 1 is 1.36 bits per heavy atom. The SMILES string of the molecule is C[C@H]1CN2C[C@@H](NC(=O)c3csc4ccccc34)C[C@H]2CO1. The first-order valence-corrected chi connectivity index (χ1v) is 8.71. The lowest BCUT2D eigenvalue weighted by molar-refractivity contribution is -0.0390. The highest BCUT2D eigenvalue weighted by Gasteiger charge is 2.36. The molecular weight excluding hydrogens is 296 g/mol. The van der Waals surface area contributed by atoms with Gasteiger partial charge < -0.3 is 10.1 Å². The van der Waals surface area contributed by atoms with Crippen molar-refractivity contribution in [2.45, 2.75) is 31.5 Å². The third-order valence-electron chi connectivity index (χ3n) is 4.65. The number of ether oxygens (including phenoxy) is 1. The molecule has 22 heavy (non-hydrogen) atoms. The predicted molar refractivity (Wildman–Crippen MR) is 88.5 cm³/mol. The highest BCUT2D eigenvalue weighted by Crippen LogP contribution is 2.27. The van der Waals surface area contributed by atoms with Crippen molar-refractivity contribution in [1.82, 2.24) is 10.2 Å². The van der Waals surface area contributed by atoms with Crippen molar-refractivity contribution in [3.63, 3.8) is 0 Å². The van der Waals surface area contributed by atoms with Gasteiger partial charge >= 0.3 is 0 Å². The summed E-state index contributed by atoms with van der Waals surface area (Å²) in [6.07, 6.45) is 1.28. The van der Waals surface area contributed by atoms with E-state index in [0.717, 1.165) is 37.1 Å². The quantitative estimate of drug-likeness (QED) is 0.925. The van der Waals surface area contributed by atoms with Gasteiger partial charge in [0.25, 0.3) is 5.91 Å². The van der Waals surface area contributed by atoms with Crippen LogP contribution in [0.1, 0.15) is 23.7 Å². The van der Waals surface area contributed by atoms with Gasteiger partial charge in [0.05, 0.1) is 18.3 Å². The summed E-state index contributed by atoms with van der Waals surface area (Å²) in [5, 5.41) is 6.23. The third kappa shape index (κ3) is 2.53. The highest BCUT2D eigenvalue weighted by atomic mass is 32.1. The molecule has 2 aliphatic heterocycles. The molecule has 0 radical (unpaired) electrons. The van der Waals surface area contributed by atoms with Gasteiger partial charge in [-0.2, -0.15) is 0 Å². The summed E-state index contributed by atoms with van der Waals surface area (Å²) in [6, 6.07) is 8.77. The molecule has 0 saturated carbocycles. The smallest absolute Gasteiger partial charge is 0.253 e. The first-order valence-electron chi connectivity index (χ1n) is 7.83. The number of carbonyl (C=O) groups excluding carboxylic acids is 1. The average Bonchev–Trinajstić information content (AvgIpc) is 3.09. The summed E-state index contributed by atoms with van der Waals surface area (Å²) in [6.45, 7) is 4.80. The number of nitrogens with one attached hydrogen (secondary N) is 1. The molecular formula is C17H20N2O2S. The molecule has 1 N–H and O–H groups in total. The number of thiophene rings is 1. The summed E-state index contributed by atoms with van der Waals surface area (Å²) < 4.78 is 6.89. The van der Waals surface area contributed by atoms with Gasteiger partial charge in [-0.05, 0) is 19.4 Å². The van der Waals surface area contributed by atoms with Gasteiger partial charge in [0.1, 0.15) is 0 Å². The molecule has 2 fully saturated rings. The van der Waals surface area contributed by atoms with Crippen LogP contribution < -0.4 is 5.32 Å². The number of amides is 1. The molecule has 2 aromatic rings. The van der Waals surface area contributed by atoms with E-state index in [2.05, 4.69) is 23.2 Å². The van der Waals surface area contributed by atoms with Gasteiger partial charge in [0.15, 0.2) is 0 Å². The Hall–Kier alpha value is -1.43. The zero-order valence-corrected chi connectivity index (χ0v) is 13.4. The second-order valence-electron chi connectivity index (χ2n) is 6.30. The van der Waals surface area contributed by atoms with Crippen molar-refractivity contribution in [3.05, 3.63) is 35.2 Å². The third-order valence-corrected chi connectivity index (χ3v) is 5.62. The summed E-state index contributed by atoms with van der Waals surface area (Å²) in [5.74, 6) is 0.0521. The number of morpholine rings is 1.